The lowest BCUT2D eigenvalue weighted by Crippen LogP contribution is -3.13. The number of carboxylic acids is 1. The molecule has 1 saturated heterocycles. The molecule has 0 aliphatic carbocycles. The van der Waals surface area contributed by atoms with Gasteiger partial charge in [-0.3, -0.25) is 0 Å². The summed E-state index contributed by atoms with van der Waals surface area (Å²) in [4.78, 5) is 12.1. The first-order chi connectivity index (χ1) is 8.74. The lowest BCUT2D eigenvalue weighted by molar-refractivity contribution is -0.906. The molecule has 0 radical (unpaired) electrons. The summed E-state index contributed by atoms with van der Waals surface area (Å²) in [6.45, 7) is 3.36. The van der Waals surface area contributed by atoms with Crippen LogP contribution < -0.4 is 10.0 Å². The number of hydrogen-bond acceptors (Lipinski definition) is 2. The topological polar surface area (TPSA) is 44.6 Å². The Morgan fingerprint density at radius 2 is 1.89 bits per heavy atom. The van der Waals surface area contributed by atoms with E-state index in [0.717, 1.165) is 38.9 Å². The van der Waals surface area contributed by atoms with Gasteiger partial charge in [0.25, 0.3) is 0 Å². The normalized spacial score (nSPS) is 23.8. The van der Waals surface area contributed by atoms with Gasteiger partial charge in [-0.05, 0) is 30.7 Å². The van der Waals surface area contributed by atoms with Gasteiger partial charge in [-0.15, -0.1) is 0 Å². The van der Waals surface area contributed by atoms with Crippen molar-refractivity contribution in [3.8, 4) is 0 Å². The first-order valence-electron chi connectivity index (χ1n) is 6.81. The summed E-state index contributed by atoms with van der Waals surface area (Å²) in [5, 5.41) is 10.5. The zero-order valence-corrected chi connectivity index (χ0v) is 10.7. The molecule has 0 unspecified atom stereocenters. The van der Waals surface area contributed by atoms with Crippen molar-refractivity contribution in [2.75, 3.05) is 19.6 Å². The van der Waals surface area contributed by atoms with Gasteiger partial charge in [0.1, 0.15) is 0 Å². The van der Waals surface area contributed by atoms with Gasteiger partial charge in [0, 0.05) is 12.4 Å². The van der Waals surface area contributed by atoms with Gasteiger partial charge in [-0.1, -0.05) is 30.3 Å². The molecule has 1 aliphatic heterocycles. The SMILES string of the molecule is O=C([O-])CC1CC[NH+](CCc2ccccc2)CC1. The molecule has 2 rings (SSSR count). The van der Waals surface area contributed by atoms with Crippen molar-refractivity contribution in [1.29, 1.82) is 0 Å². The number of carbonyl (C=O) groups excluding carboxylic acids is 1. The second-order valence-corrected chi connectivity index (χ2v) is 5.26. The molecular weight excluding hydrogens is 226 g/mol. The second kappa shape index (κ2) is 6.55. The summed E-state index contributed by atoms with van der Waals surface area (Å²) >= 11 is 0. The number of likely N-dealkylation sites (tertiary alicyclic amines) is 1. The number of nitrogens with one attached hydrogen (secondary N) is 1. The number of hydrogen-bond donors (Lipinski definition) is 1. The molecule has 1 heterocycles. The standard InChI is InChI=1S/C15H21NO2/c17-15(18)12-14-7-10-16(11-8-14)9-6-13-4-2-1-3-5-13/h1-5,14H,6-12H2,(H,17,18). The lowest BCUT2D eigenvalue weighted by Gasteiger charge is -2.29. The number of piperidine rings is 1. The first-order valence-corrected chi connectivity index (χ1v) is 6.81. The Balaban J connectivity index is 1.69. The zero-order valence-electron chi connectivity index (χ0n) is 10.7. The molecule has 0 atom stereocenters. The van der Waals surface area contributed by atoms with E-state index in [1.54, 1.807) is 4.90 Å². The van der Waals surface area contributed by atoms with Crippen LogP contribution in [0.25, 0.3) is 0 Å². The van der Waals surface area contributed by atoms with Crippen LogP contribution in [0.2, 0.25) is 0 Å². The van der Waals surface area contributed by atoms with Crippen LogP contribution in [-0.2, 0) is 11.2 Å². The number of benzene rings is 1. The third-order valence-electron chi connectivity index (χ3n) is 3.88. The van der Waals surface area contributed by atoms with E-state index in [1.807, 2.05) is 6.07 Å². The van der Waals surface area contributed by atoms with Gasteiger partial charge in [0.15, 0.2) is 0 Å². The van der Waals surface area contributed by atoms with E-state index in [0.29, 0.717) is 5.92 Å². The van der Waals surface area contributed by atoms with Gasteiger partial charge in [-0.2, -0.15) is 0 Å². The van der Waals surface area contributed by atoms with Crippen molar-refractivity contribution >= 4 is 5.97 Å². The Labute approximate surface area is 108 Å². The fourth-order valence-electron chi connectivity index (χ4n) is 2.74. The highest BCUT2D eigenvalue weighted by molar-refractivity contribution is 5.64. The van der Waals surface area contributed by atoms with E-state index in [1.165, 1.54) is 5.56 Å². The first kappa shape index (κ1) is 13.1. The Kier molecular flexibility index (Phi) is 4.76. The van der Waals surface area contributed by atoms with Crippen LogP contribution in [0.1, 0.15) is 24.8 Å². The number of quaternary nitrogens is 1. The van der Waals surface area contributed by atoms with Crippen molar-refractivity contribution in [1.82, 2.24) is 0 Å². The molecule has 3 heteroatoms. The highest BCUT2D eigenvalue weighted by atomic mass is 16.4. The molecule has 0 spiro atoms. The largest absolute Gasteiger partial charge is 0.550 e. The fraction of sp³-hybridized carbons (Fsp3) is 0.533. The van der Waals surface area contributed by atoms with Crippen LogP contribution in [0.4, 0.5) is 0 Å². The predicted molar refractivity (Wildman–Crippen MR) is 68.1 cm³/mol. The Hall–Kier alpha value is -1.35. The van der Waals surface area contributed by atoms with Crippen LogP contribution in [0, 0.1) is 5.92 Å². The van der Waals surface area contributed by atoms with Crippen molar-refractivity contribution in [2.45, 2.75) is 25.7 Å². The van der Waals surface area contributed by atoms with Crippen molar-refractivity contribution in [3.63, 3.8) is 0 Å². The van der Waals surface area contributed by atoms with Crippen LogP contribution in [0.5, 0.6) is 0 Å². The van der Waals surface area contributed by atoms with Gasteiger partial charge in [0.05, 0.1) is 19.6 Å². The smallest absolute Gasteiger partial charge is 0.0811 e. The quantitative estimate of drug-likeness (QED) is 0.774. The molecule has 1 N–H and O–H groups in total. The lowest BCUT2D eigenvalue weighted by atomic mass is 9.93. The molecule has 1 aliphatic rings. The maximum atomic E-state index is 10.5. The van der Waals surface area contributed by atoms with Crippen LogP contribution in [0.3, 0.4) is 0 Å². The number of aliphatic carboxylic acids is 1. The van der Waals surface area contributed by atoms with Gasteiger partial charge >= 0.3 is 0 Å². The molecule has 1 fully saturated rings. The molecule has 3 nitrogen and oxygen atoms in total. The van der Waals surface area contributed by atoms with Crippen molar-refractivity contribution in [3.05, 3.63) is 35.9 Å². The number of rotatable bonds is 5. The minimum atomic E-state index is -0.896. The van der Waals surface area contributed by atoms with Gasteiger partial charge < -0.3 is 14.8 Å². The molecule has 0 amide bonds. The number of carbonyl (C=O) groups is 1. The Morgan fingerprint density at radius 3 is 2.50 bits per heavy atom. The second-order valence-electron chi connectivity index (χ2n) is 5.26. The minimum Gasteiger partial charge on any atom is -0.550 e. The summed E-state index contributed by atoms with van der Waals surface area (Å²) in [6, 6.07) is 10.5. The highest BCUT2D eigenvalue weighted by Crippen LogP contribution is 2.13. The maximum absolute atomic E-state index is 10.5. The van der Waals surface area contributed by atoms with E-state index in [9.17, 15) is 9.90 Å². The third-order valence-corrected chi connectivity index (χ3v) is 3.88. The Morgan fingerprint density at radius 1 is 1.22 bits per heavy atom. The highest BCUT2D eigenvalue weighted by Gasteiger charge is 2.21. The minimum absolute atomic E-state index is 0.242. The van der Waals surface area contributed by atoms with Crippen molar-refractivity contribution in [2.24, 2.45) is 5.92 Å². The van der Waals surface area contributed by atoms with E-state index < -0.39 is 5.97 Å². The monoisotopic (exact) mass is 247 g/mol. The molecule has 0 saturated carbocycles. The van der Waals surface area contributed by atoms with Crippen molar-refractivity contribution < 1.29 is 14.8 Å². The molecule has 1 aromatic carbocycles. The average Bonchev–Trinajstić information content (AvgIpc) is 2.38. The van der Waals surface area contributed by atoms with E-state index in [4.69, 9.17) is 0 Å². The summed E-state index contributed by atoms with van der Waals surface area (Å²) < 4.78 is 0. The van der Waals surface area contributed by atoms with Crippen LogP contribution >= 0.6 is 0 Å². The summed E-state index contributed by atoms with van der Waals surface area (Å²) in [7, 11) is 0. The molecule has 0 aromatic heterocycles. The van der Waals surface area contributed by atoms with Gasteiger partial charge in [0.2, 0.25) is 0 Å². The fourth-order valence-corrected chi connectivity index (χ4v) is 2.74. The summed E-state index contributed by atoms with van der Waals surface area (Å²) in [5.41, 5.74) is 1.39. The van der Waals surface area contributed by atoms with Crippen LogP contribution in [0.15, 0.2) is 30.3 Å². The molecule has 98 valence electrons. The van der Waals surface area contributed by atoms with E-state index in [2.05, 4.69) is 24.3 Å². The maximum Gasteiger partial charge on any atom is 0.0811 e. The Bertz CT molecular complexity index is 369. The molecule has 0 bridgehead atoms. The van der Waals surface area contributed by atoms with Crippen LogP contribution in [-0.4, -0.2) is 25.6 Å². The average molecular weight is 247 g/mol. The molecular formula is C15H21NO2. The van der Waals surface area contributed by atoms with E-state index >= 15 is 0 Å². The third kappa shape index (κ3) is 4.15. The predicted octanol–water partition coefficient (Wildman–Crippen LogP) is -0.336. The number of carboxylic acid groups (broad SMARTS) is 1. The zero-order chi connectivity index (χ0) is 12.8. The molecule has 18 heavy (non-hydrogen) atoms. The van der Waals surface area contributed by atoms with Gasteiger partial charge in [-0.25, -0.2) is 0 Å². The molecule has 1 aromatic rings. The summed E-state index contributed by atoms with van der Waals surface area (Å²) in [5.74, 6) is -0.553. The summed E-state index contributed by atoms with van der Waals surface area (Å²) in [6.07, 6.45) is 3.41. The van der Waals surface area contributed by atoms with E-state index in [-0.39, 0.29) is 6.42 Å².